The zero-order valence-electron chi connectivity index (χ0n) is 28.5. The molecular weight excluding hydrogens is 640 g/mol. The molecule has 0 spiro atoms. The Labute approximate surface area is 292 Å². The smallest absolute Gasteiger partial charge is 0.384 e. The van der Waals surface area contributed by atoms with Crippen molar-refractivity contribution < 1.29 is 23.9 Å². The zero-order valence-corrected chi connectivity index (χ0v) is 28.5. The molecule has 5 rings (SSSR count). The summed E-state index contributed by atoms with van der Waals surface area (Å²) >= 11 is 0. The highest BCUT2D eigenvalue weighted by Crippen LogP contribution is 2.29. The number of nitrogens with zero attached hydrogens (tertiary/aromatic N) is 6. The molecule has 1 aromatic heterocycles. The number of piperazine rings is 2. The average Bonchev–Trinajstić information content (AvgIpc) is 3.11. The van der Waals surface area contributed by atoms with Gasteiger partial charge in [0.05, 0.1) is 12.2 Å². The van der Waals surface area contributed by atoms with Gasteiger partial charge in [-0.05, 0) is 61.1 Å². The molecule has 50 heavy (non-hydrogen) atoms. The van der Waals surface area contributed by atoms with Crippen molar-refractivity contribution in [2.24, 2.45) is 16.5 Å². The molecule has 6 N–H and O–H groups in total. The largest absolute Gasteiger partial charge is 0.419 e. The number of aliphatic imine (C=N–C) groups is 1. The predicted octanol–water partition coefficient (Wildman–Crippen LogP) is 3.72. The normalized spacial score (nSPS) is 17.0. The van der Waals surface area contributed by atoms with Crippen LogP contribution >= 0.6 is 0 Å². The summed E-state index contributed by atoms with van der Waals surface area (Å²) < 4.78 is 5.34. The van der Waals surface area contributed by atoms with E-state index in [0.717, 1.165) is 55.5 Å². The van der Waals surface area contributed by atoms with Crippen LogP contribution in [0.3, 0.4) is 0 Å². The van der Waals surface area contributed by atoms with Gasteiger partial charge in [0.25, 0.3) is 0 Å². The van der Waals surface area contributed by atoms with E-state index in [2.05, 4.69) is 20.6 Å². The number of guanidine groups is 1. The van der Waals surface area contributed by atoms with Crippen molar-refractivity contribution >= 4 is 41.5 Å². The number of hydrogen-bond donors (Lipinski definition) is 4. The maximum Gasteiger partial charge on any atom is 0.419 e. The lowest BCUT2D eigenvalue weighted by molar-refractivity contribution is -0.132. The van der Waals surface area contributed by atoms with Gasteiger partial charge < -0.3 is 41.5 Å². The van der Waals surface area contributed by atoms with Crippen LogP contribution in [0.2, 0.25) is 0 Å². The molecule has 1 saturated carbocycles. The van der Waals surface area contributed by atoms with Crippen LogP contribution in [-0.4, -0.2) is 107 Å². The molecule has 0 atom stereocenters. The molecule has 1 aliphatic carbocycles. The molecule has 3 heterocycles. The Morgan fingerprint density at radius 2 is 1.40 bits per heavy atom. The summed E-state index contributed by atoms with van der Waals surface area (Å²) in [5, 5.41) is 6.21. The summed E-state index contributed by atoms with van der Waals surface area (Å²) in [4.78, 5) is 67.0. The van der Waals surface area contributed by atoms with Crippen LogP contribution < -0.4 is 22.1 Å². The minimum Gasteiger partial charge on any atom is -0.384 e. The highest BCUT2D eigenvalue weighted by atomic mass is 16.6. The number of carbonyl (C=O) groups excluding carboxylic acids is 4. The molecule has 2 aromatic rings. The number of nitrogens with two attached hydrogens (primary N) is 2. The Morgan fingerprint density at radius 1 is 0.780 bits per heavy atom. The van der Waals surface area contributed by atoms with Gasteiger partial charge in [-0.2, -0.15) is 0 Å². The first-order valence-electron chi connectivity index (χ1n) is 17.4. The standard InChI is InChI=1S/C35H48N10O5/c36-32(37)41-29-10-8-26(9-11-29)24-40-33(47)45-23-22-44(25-30(45)27-6-4-2-1-3-5-7-27)35(49)50-34(48)43-20-18-42(19-21-43)31(46)14-17-39-28-12-15-38-16-13-28/h8-13,15-16H,1-7,14,17-25H2,(H,38,39)(H,40,47)(H4,36,37,41). The maximum absolute atomic E-state index is 13.5. The average molecular weight is 689 g/mol. The molecule has 2 aliphatic heterocycles. The second-order valence-electron chi connectivity index (χ2n) is 12.7. The molecule has 0 radical (unpaired) electrons. The third-order valence-corrected chi connectivity index (χ3v) is 9.18. The Balaban J connectivity index is 1.13. The van der Waals surface area contributed by atoms with Crippen LogP contribution in [0.4, 0.5) is 25.8 Å². The molecule has 268 valence electrons. The topological polar surface area (TPSA) is 192 Å². The van der Waals surface area contributed by atoms with Gasteiger partial charge in [0.2, 0.25) is 5.91 Å². The lowest BCUT2D eigenvalue weighted by atomic mass is 9.93. The number of urea groups is 1. The van der Waals surface area contributed by atoms with Gasteiger partial charge in [-0.3, -0.25) is 14.7 Å². The molecule has 15 nitrogen and oxygen atoms in total. The van der Waals surface area contributed by atoms with E-state index >= 15 is 0 Å². The van der Waals surface area contributed by atoms with Crippen LogP contribution in [0.5, 0.6) is 0 Å². The summed E-state index contributed by atoms with van der Waals surface area (Å²) in [6.45, 7) is 2.74. The fourth-order valence-electron chi connectivity index (χ4n) is 6.40. The van der Waals surface area contributed by atoms with Crippen LogP contribution in [0.25, 0.3) is 0 Å². The Hall–Kier alpha value is -5.34. The Bertz CT molecular complexity index is 1530. The van der Waals surface area contributed by atoms with Crippen molar-refractivity contribution in [3.05, 3.63) is 65.6 Å². The number of carbonyl (C=O) groups is 4. The van der Waals surface area contributed by atoms with E-state index in [4.69, 9.17) is 16.2 Å². The second-order valence-corrected chi connectivity index (χ2v) is 12.7. The summed E-state index contributed by atoms with van der Waals surface area (Å²) in [5.41, 5.74) is 15.3. The molecule has 3 fully saturated rings. The van der Waals surface area contributed by atoms with E-state index in [0.29, 0.717) is 38.3 Å². The highest BCUT2D eigenvalue weighted by Gasteiger charge is 2.33. The SMILES string of the molecule is NC(N)=Nc1ccc(CNC(=O)N2CCN(C(=O)OC(=O)N3CCN(C(=O)CCNc4ccncc4)CC3)CC2=C2CCCCCCC2)cc1. The van der Waals surface area contributed by atoms with Crippen LogP contribution in [-0.2, 0) is 16.1 Å². The zero-order chi connectivity index (χ0) is 35.3. The van der Waals surface area contributed by atoms with E-state index in [1.54, 1.807) is 34.3 Å². The molecule has 3 aliphatic rings. The third-order valence-electron chi connectivity index (χ3n) is 9.18. The molecule has 2 saturated heterocycles. The number of allylic oxidation sites excluding steroid dienone is 1. The van der Waals surface area contributed by atoms with Crippen LogP contribution in [0.15, 0.2) is 65.1 Å². The predicted molar refractivity (Wildman–Crippen MR) is 189 cm³/mol. The minimum atomic E-state index is -0.736. The van der Waals surface area contributed by atoms with E-state index in [1.165, 1.54) is 21.8 Å². The van der Waals surface area contributed by atoms with Crippen molar-refractivity contribution in [2.45, 2.75) is 57.9 Å². The van der Waals surface area contributed by atoms with Gasteiger partial charge in [0.15, 0.2) is 5.96 Å². The monoisotopic (exact) mass is 688 g/mol. The van der Waals surface area contributed by atoms with Gasteiger partial charge in [0, 0.05) is 82.6 Å². The Morgan fingerprint density at radius 3 is 2.08 bits per heavy atom. The summed E-state index contributed by atoms with van der Waals surface area (Å²) in [7, 11) is 0. The number of amides is 5. The lowest BCUT2D eigenvalue weighted by Gasteiger charge is -2.38. The number of rotatable bonds is 7. The molecule has 0 bridgehead atoms. The fourth-order valence-corrected chi connectivity index (χ4v) is 6.40. The summed E-state index contributed by atoms with van der Waals surface area (Å²) in [6, 6.07) is 10.7. The summed E-state index contributed by atoms with van der Waals surface area (Å²) in [6.07, 6.45) is 9.43. The maximum atomic E-state index is 13.5. The van der Waals surface area contributed by atoms with Gasteiger partial charge in [-0.1, -0.05) is 31.4 Å². The van der Waals surface area contributed by atoms with E-state index < -0.39 is 12.2 Å². The fraction of sp³-hybridized carbons (Fsp3) is 0.486. The van der Waals surface area contributed by atoms with Crippen molar-refractivity contribution in [3.63, 3.8) is 0 Å². The number of hydrogen-bond acceptors (Lipinski definition) is 8. The molecule has 15 heteroatoms. The number of anilines is 1. The quantitative estimate of drug-likeness (QED) is 0.191. The van der Waals surface area contributed by atoms with Gasteiger partial charge >= 0.3 is 18.2 Å². The lowest BCUT2D eigenvalue weighted by Crippen LogP contribution is -2.54. The molecule has 0 unspecified atom stereocenters. The van der Waals surface area contributed by atoms with E-state index in [1.807, 2.05) is 24.3 Å². The number of pyridine rings is 1. The third kappa shape index (κ3) is 10.3. The number of ether oxygens (including phenoxy) is 1. The number of benzene rings is 1. The van der Waals surface area contributed by atoms with Crippen LogP contribution in [0.1, 0.15) is 56.9 Å². The number of aromatic nitrogens is 1. The van der Waals surface area contributed by atoms with Crippen molar-refractivity contribution in [2.75, 3.05) is 57.7 Å². The van der Waals surface area contributed by atoms with E-state index in [-0.39, 0.29) is 50.6 Å². The number of nitrogens with one attached hydrogen (secondary N) is 2. The highest BCUT2D eigenvalue weighted by molar-refractivity contribution is 5.85. The van der Waals surface area contributed by atoms with Crippen LogP contribution in [0, 0.1) is 0 Å². The second kappa shape index (κ2) is 17.9. The minimum absolute atomic E-state index is 0.00640. The Kier molecular flexibility index (Phi) is 12.9. The van der Waals surface area contributed by atoms with Gasteiger partial charge in [-0.25, -0.2) is 19.4 Å². The van der Waals surface area contributed by atoms with Crippen molar-refractivity contribution in [1.82, 2.24) is 29.9 Å². The van der Waals surface area contributed by atoms with Crippen molar-refractivity contribution in [3.8, 4) is 0 Å². The molecule has 1 aromatic carbocycles. The summed E-state index contributed by atoms with van der Waals surface area (Å²) in [5.74, 6) is -0.0326. The van der Waals surface area contributed by atoms with Crippen molar-refractivity contribution in [1.29, 1.82) is 0 Å². The van der Waals surface area contributed by atoms with Gasteiger partial charge in [0.1, 0.15) is 0 Å². The van der Waals surface area contributed by atoms with E-state index in [9.17, 15) is 19.2 Å². The van der Waals surface area contributed by atoms with Gasteiger partial charge in [-0.15, -0.1) is 0 Å². The first-order chi connectivity index (χ1) is 24.3. The molecular formula is C35H48N10O5. The first-order valence-corrected chi connectivity index (χ1v) is 17.4. The first kappa shape index (κ1) is 36.0. The molecule has 5 amide bonds.